The summed E-state index contributed by atoms with van der Waals surface area (Å²) in [4.78, 5) is 28.2. The zero-order valence-electron chi connectivity index (χ0n) is 16.9. The zero-order chi connectivity index (χ0) is 23.2. The van der Waals surface area contributed by atoms with E-state index in [1.54, 1.807) is 32.9 Å². The number of rotatable bonds is 9. The number of amides is 2. The summed E-state index contributed by atoms with van der Waals surface area (Å²) in [5, 5.41) is 12.3. The number of carbonyl (C=O) groups excluding carboxylic acids is 2. The van der Waals surface area contributed by atoms with Crippen LogP contribution in [0, 0.1) is 5.92 Å². The lowest BCUT2D eigenvalue weighted by Crippen LogP contribution is -2.34. The normalized spacial score (nSPS) is 12.5. The molecule has 0 aromatic carbocycles. The minimum atomic E-state index is -4.33. The van der Waals surface area contributed by atoms with Crippen molar-refractivity contribution in [3.05, 3.63) is 41.7 Å². The van der Waals surface area contributed by atoms with Gasteiger partial charge >= 0.3 is 12.3 Å². The Labute approximate surface area is 175 Å². The molecule has 12 heteroatoms. The second-order valence-corrected chi connectivity index (χ2v) is 6.92. The van der Waals surface area contributed by atoms with Gasteiger partial charge in [0, 0.05) is 18.2 Å². The molecule has 0 fully saturated rings. The summed E-state index contributed by atoms with van der Waals surface area (Å²) in [6.45, 7) is 3.60. The molecule has 0 radical (unpaired) electrons. The third-order valence-corrected chi connectivity index (χ3v) is 4.01. The van der Waals surface area contributed by atoms with Gasteiger partial charge in [-0.15, -0.1) is 10.2 Å². The van der Waals surface area contributed by atoms with E-state index < -0.39 is 36.8 Å². The van der Waals surface area contributed by atoms with Crippen molar-refractivity contribution < 1.29 is 31.9 Å². The van der Waals surface area contributed by atoms with E-state index in [1.165, 1.54) is 6.20 Å². The van der Waals surface area contributed by atoms with Gasteiger partial charge in [-0.25, -0.2) is 13.8 Å². The summed E-state index contributed by atoms with van der Waals surface area (Å²) in [5.74, 6) is -5.47. The molecule has 0 saturated carbocycles. The fraction of sp³-hybridized carbons (Fsp3) is 0.421. The summed E-state index contributed by atoms with van der Waals surface area (Å²) in [6, 6.07) is 5.00. The second-order valence-electron chi connectivity index (χ2n) is 6.92. The summed E-state index contributed by atoms with van der Waals surface area (Å²) in [5.41, 5.74) is 0.520. The van der Waals surface area contributed by atoms with Crippen LogP contribution in [0.15, 0.2) is 30.5 Å². The van der Waals surface area contributed by atoms with Crippen molar-refractivity contribution in [2.24, 2.45) is 5.92 Å². The predicted octanol–water partition coefficient (Wildman–Crippen LogP) is 3.24. The number of pyridine rings is 1. The molecular weight excluding hydrogens is 422 g/mol. The molecule has 2 N–H and O–H groups in total. The minimum absolute atomic E-state index is 0.137. The molecule has 2 rings (SSSR count). The van der Waals surface area contributed by atoms with Crippen LogP contribution in [0.4, 0.5) is 23.4 Å². The molecule has 2 heterocycles. The van der Waals surface area contributed by atoms with Crippen LogP contribution in [0.3, 0.4) is 0 Å². The molecule has 0 bridgehead atoms. The van der Waals surface area contributed by atoms with Gasteiger partial charge in [0.25, 0.3) is 5.91 Å². The van der Waals surface area contributed by atoms with Gasteiger partial charge < -0.3 is 15.4 Å². The second kappa shape index (κ2) is 10.1. The van der Waals surface area contributed by atoms with Crippen molar-refractivity contribution in [1.29, 1.82) is 0 Å². The summed E-state index contributed by atoms with van der Waals surface area (Å²) >= 11 is 0. The first-order valence-electron chi connectivity index (χ1n) is 9.19. The maximum Gasteiger partial charge on any atom is 0.340 e. The monoisotopic (exact) mass is 443 g/mol. The van der Waals surface area contributed by atoms with E-state index in [9.17, 15) is 27.2 Å². The lowest BCUT2D eigenvalue weighted by Gasteiger charge is -2.16. The van der Waals surface area contributed by atoms with E-state index in [0.29, 0.717) is 11.4 Å². The Hall–Kier alpha value is -3.31. The van der Waals surface area contributed by atoms with Crippen LogP contribution in [0.2, 0.25) is 0 Å². The Morgan fingerprint density at radius 3 is 2.42 bits per heavy atom. The molecule has 31 heavy (non-hydrogen) atoms. The molecule has 2 amide bonds. The number of aromatic nitrogens is 3. The third-order valence-electron chi connectivity index (χ3n) is 4.01. The van der Waals surface area contributed by atoms with E-state index in [1.807, 2.05) is 0 Å². The highest BCUT2D eigenvalue weighted by molar-refractivity contribution is 5.92. The maximum absolute atomic E-state index is 12.9. The molecule has 1 unspecified atom stereocenters. The zero-order valence-corrected chi connectivity index (χ0v) is 16.9. The van der Waals surface area contributed by atoms with Gasteiger partial charge in [0.05, 0.1) is 6.04 Å². The lowest BCUT2D eigenvalue weighted by atomic mass is 10.1. The van der Waals surface area contributed by atoms with Crippen LogP contribution in [0.1, 0.15) is 42.9 Å². The Balaban J connectivity index is 1.98. The van der Waals surface area contributed by atoms with Gasteiger partial charge in [-0.1, -0.05) is 13.8 Å². The summed E-state index contributed by atoms with van der Waals surface area (Å²) in [7, 11) is 0. The SMILES string of the molecule is CC(C)C(=O)Nc1cc(C(C)NC(=O)c2ccc(OCC(F)(F)C(F)F)nn2)ccn1. The standard InChI is InChI=1S/C19H21F4N5O3/c1-10(2)16(29)26-14-8-12(6-7-24-14)11(3)25-17(30)13-4-5-15(28-27-13)31-9-19(22,23)18(20)21/h4-8,10-11,18H,9H2,1-3H3,(H,25,30)(H,24,26,29). The average Bonchev–Trinajstić information content (AvgIpc) is 2.72. The minimum Gasteiger partial charge on any atom is -0.470 e. The largest absolute Gasteiger partial charge is 0.470 e. The van der Waals surface area contributed by atoms with E-state index in [0.717, 1.165) is 12.1 Å². The van der Waals surface area contributed by atoms with Crippen molar-refractivity contribution in [3.63, 3.8) is 0 Å². The van der Waals surface area contributed by atoms with Crippen molar-refractivity contribution in [1.82, 2.24) is 20.5 Å². The van der Waals surface area contributed by atoms with E-state index in [2.05, 4.69) is 30.6 Å². The Morgan fingerprint density at radius 2 is 1.84 bits per heavy atom. The molecule has 0 saturated heterocycles. The van der Waals surface area contributed by atoms with Crippen molar-refractivity contribution in [3.8, 4) is 5.88 Å². The summed E-state index contributed by atoms with van der Waals surface area (Å²) in [6.07, 6.45) is -2.39. The first-order chi connectivity index (χ1) is 14.5. The number of hydrogen-bond donors (Lipinski definition) is 2. The molecule has 8 nitrogen and oxygen atoms in total. The van der Waals surface area contributed by atoms with Crippen LogP contribution >= 0.6 is 0 Å². The van der Waals surface area contributed by atoms with Crippen LogP contribution in [0.5, 0.6) is 5.88 Å². The molecule has 0 aliphatic carbocycles. The van der Waals surface area contributed by atoms with Gasteiger partial charge in [0.2, 0.25) is 11.8 Å². The average molecular weight is 443 g/mol. The van der Waals surface area contributed by atoms with E-state index >= 15 is 0 Å². The van der Waals surface area contributed by atoms with Gasteiger partial charge in [-0.2, -0.15) is 8.78 Å². The molecule has 168 valence electrons. The Morgan fingerprint density at radius 1 is 1.13 bits per heavy atom. The lowest BCUT2D eigenvalue weighted by molar-refractivity contribution is -0.148. The topological polar surface area (TPSA) is 106 Å². The highest BCUT2D eigenvalue weighted by Crippen LogP contribution is 2.23. The van der Waals surface area contributed by atoms with Crippen LogP contribution in [0.25, 0.3) is 0 Å². The van der Waals surface area contributed by atoms with Crippen LogP contribution in [-0.2, 0) is 4.79 Å². The van der Waals surface area contributed by atoms with Gasteiger partial charge in [0.15, 0.2) is 12.3 Å². The quantitative estimate of drug-likeness (QED) is 0.577. The molecule has 1 atom stereocenters. The highest BCUT2D eigenvalue weighted by atomic mass is 19.3. The van der Waals surface area contributed by atoms with Crippen LogP contribution in [-0.4, -0.2) is 46.0 Å². The molecule has 0 aliphatic rings. The third kappa shape index (κ3) is 6.86. The fourth-order valence-electron chi connectivity index (χ4n) is 2.16. The molecule has 2 aromatic heterocycles. The van der Waals surface area contributed by atoms with E-state index in [4.69, 9.17) is 0 Å². The number of hydrogen-bond acceptors (Lipinski definition) is 6. The number of nitrogens with one attached hydrogen (secondary N) is 2. The maximum atomic E-state index is 12.9. The first-order valence-corrected chi connectivity index (χ1v) is 9.19. The number of halogens is 4. The number of ether oxygens (including phenoxy) is 1. The number of carbonyl (C=O) groups is 2. The van der Waals surface area contributed by atoms with Crippen molar-refractivity contribution in [2.75, 3.05) is 11.9 Å². The smallest absolute Gasteiger partial charge is 0.340 e. The van der Waals surface area contributed by atoms with Crippen molar-refractivity contribution in [2.45, 2.75) is 39.2 Å². The predicted molar refractivity (Wildman–Crippen MR) is 102 cm³/mol. The Bertz CT molecular complexity index is 910. The fourth-order valence-corrected chi connectivity index (χ4v) is 2.16. The summed E-state index contributed by atoms with van der Waals surface area (Å²) < 4.78 is 54.5. The Kier molecular flexibility index (Phi) is 7.83. The van der Waals surface area contributed by atoms with E-state index in [-0.39, 0.29) is 17.5 Å². The van der Waals surface area contributed by atoms with Crippen molar-refractivity contribution >= 4 is 17.6 Å². The number of nitrogens with zero attached hydrogens (tertiary/aromatic N) is 3. The van der Waals surface area contributed by atoms with Crippen LogP contribution < -0.4 is 15.4 Å². The highest BCUT2D eigenvalue weighted by Gasteiger charge is 2.41. The first kappa shape index (κ1) is 24.0. The molecule has 0 spiro atoms. The number of alkyl halides is 4. The molecular formula is C19H21F4N5O3. The molecule has 2 aromatic rings. The van der Waals surface area contributed by atoms with Gasteiger partial charge in [-0.05, 0) is 30.7 Å². The number of anilines is 1. The molecule has 0 aliphatic heterocycles. The van der Waals surface area contributed by atoms with Gasteiger partial charge in [-0.3, -0.25) is 9.59 Å². The van der Waals surface area contributed by atoms with Gasteiger partial charge in [0.1, 0.15) is 5.82 Å².